The van der Waals surface area contributed by atoms with E-state index in [1.807, 2.05) is 45.0 Å². The molecule has 0 aliphatic carbocycles. The maximum absolute atomic E-state index is 12.8. The highest BCUT2D eigenvalue weighted by Crippen LogP contribution is 2.20. The van der Waals surface area contributed by atoms with Crippen LogP contribution in [0.15, 0.2) is 24.3 Å². The molecule has 2 rings (SSSR count). The van der Waals surface area contributed by atoms with Gasteiger partial charge in [0.15, 0.2) is 0 Å². The highest BCUT2D eigenvalue weighted by Gasteiger charge is 2.35. The van der Waals surface area contributed by atoms with Crippen molar-refractivity contribution < 1.29 is 13.2 Å². The quantitative estimate of drug-likeness (QED) is 0.851. The topological polar surface area (TPSA) is 49.9 Å². The van der Waals surface area contributed by atoms with E-state index in [1.165, 1.54) is 4.31 Å². The first-order valence-electron chi connectivity index (χ1n) is 7.21. The van der Waals surface area contributed by atoms with Crippen LogP contribution in [0, 0.1) is 6.92 Å². The number of benzene rings is 1. The molecule has 0 saturated carbocycles. The van der Waals surface area contributed by atoms with Gasteiger partial charge in [-0.3, -0.25) is 0 Å². The second-order valence-corrected chi connectivity index (χ2v) is 7.74. The Kier molecular flexibility index (Phi) is 5.03. The van der Waals surface area contributed by atoms with Crippen LogP contribution in [0.2, 0.25) is 0 Å². The molecule has 0 N–H and O–H groups in total. The zero-order valence-electron chi connectivity index (χ0n) is 13.1. The van der Waals surface area contributed by atoms with Gasteiger partial charge in [0.2, 0.25) is 0 Å². The van der Waals surface area contributed by atoms with Crippen molar-refractivity contribution in [3.8, 4) is 0 Å². The van der Waals surface area contributed by atoms with Gasteiger partial charge in [-0.1, -0.05) is 24.3 Å². The van der Waals surface area contributed by atoms with Gasteiger partial charge in [0.25, 0.3) is 10.2 Å². The number of morpholine rings is 1. The monoisotopic (exact) mass is 312 g/mol. The van der Waals surface area contributed by atoms with Gasteiger partial charge in [0.1, 0.15) is 0 Å². The molecule has 1 aromatic rings. The first kappa shape index (κ1) is 16.4. The minimum absolute atomic E-state index is 0.0668. The summed E-state index contributed by atoms with van der Waals surface area (Å²) in [6.07, 6.45) is -0.0668. The molecular weight excluding hydrogens is 288 g/mol. The molecule has 0 bridgehead atoms. The van der Waals surface area contributed by atoms with E-state index < -0.39 is 10.2 Å². The molecule has 0 amide bonds. The third-order valence-corrected chi connectivity index (χ3v) is 5.91. The average molecular weight is 312 g/mol. The fraction of sp³-hybridized carbons (Fsp3) is 0.600. The normalized spacial score (nSPS) is 24.4. The lowest BCUT2D eigenvalue weighted by Gasteiger charge is -2.37. The van der Waals surface area contributed by atoms with E-state index in [4.69, 9.17) is 4.74 Å². The van der Waals surface area contributed by atoms with E-state index in [0.29, 0.717) is 19.7 Å². The van der Waals surface area contributed by atoms with Gasteiger partial charge in [0.05, 0.1) is 12.7 Å². The van der Waals surface area contributed by atoms with Crippen LogP contribution in [0.4, 0.5) is 0 Å². The first-order chi connectivity index (χ1) is 9.82. The van der Waals surface area contributed by atoms with Gasteiger partial charge >= 0.3 is 0 Å². The summed E-state index contributed by atoms with van der Waals surface area (Å²) < 4.78 is 34.0. The van der Waals surface area contributed by atoms with E-state index >= 15 is 0 Å². The summed E-state index contributed by atoms with van der Waals surface area (Å²) in [7, 11) is -1.84. The van der Waals surface area contributed by atoms with Crippen LogP contribution < -0.4 is 0 Å². The molecule has 0 spiro atoms. The summed E-state index contributed by atoms with van der Waals surface area (Å²) in [4.78, 5) is 0. The van der Waals surface area contributed by atoms with Crippen LogP contribution in [0.25, 0.3) is 0 Å². The SMILES string of the molecule is Cc1ccccc1CN(C)S(=O)(=O)N1C[C@@H](C)OC[C@H]1C. The summed E-state index contributed by atoms with van der Waals surface area (Å²) >= 11 is 0. The number of hydrogen-bond donors (Lipinski definition) is 0. The predicted octanol–water partition coefficient (Wildman–Crippen LogP) is 1.78. The lowest BCUT2D eigenvalue weighted by Crippen LogP contribution is -2.53. The van der Waals surface area contributed by atoms with Crippen molar-refractivity contribution in [2.75, 3.05) is 20.2 Å². The Hall–Kier alpha value is -0.950. The maximum atomic E-state index is 12.8. The number of hydrogen-bond acceptors (Lipinski definition) is 3. The second-order valence-electron chi connectivity index (χ2n) is 5.75. The summed E-state index contributed by atoms with van der Waals surface area (Å²) in [6.45, 7) is 7.00. The number of ether oxygens (including phenoxy) is 1. The van der Waals surface area contributed by atoms with Crippen LogP contribution in [-0.4, -0.2) is 49.4 Å². The molecule has 1 saturated heterocycles. The van der Waals surface area contributed by atoms with Gasteiger partial charge in [-0.2, -0.15) is 17.0 Å². The molecule has 2 atom stereocenters. The van der Waals surface area contributed by atoms with Crippen molar-refractivity contribution in [1.29, 1.82) is 0 Å². The van der Waals surface area contributed by atoms with Crippen LogP contribution in [0.3, 0.4) is 0 Å². The molecule has 0 unspecified atom stereocenters. The zero-order valence-corrected chi connectivity index (χ0v) is 13.9. The molecule has 21 heavy (non-hydrogen) atoms. The molecule has 1 fully saturated rings. The first-order valence-corrected chi connectivity index (χ1v) is 8.61. The number of rotatable bonds is 4. The van der Waals surface area contributed by atoms with E-state index in [1.54, 1.807) is 11.4 Å². The van der Waals surface area contributed by atoms with Crippen molar-refractivity contribution >= 4 is 10.2 Å². The molecule has 0 aromatic heterocycles. The third kappa shape index (κ3) is 3.63. The van der Waals surface area contributed by atoms with Crippen molar-refractivity contribution in [3.63, 3.8) is 0 Å². The molecule has 6 heteroatoms. The predicted molar refractivity (Wildman–Crippen MR) is 83.1 cm³/mol. The Morgan fingerprint density at radius 2 is 2.00 bits per heavy atom. The Morgan fingerprint density at radius 1 is 1.33 bits per heavy atom. The third-order valence-electron chi connectivity index (χ3n) is 3.90. The zero-order chi connectivity index (χ0) is 15.6. The molecular formula is C15H24N2O3S. The highest BCUT2D eigenvalue weighted by molar-refractivity contribution is 7.86. The Morgan fingerprint density at radius 3 is 2.67 bits per heavy atom. The van der Waals surface area contributed by atoms with E-state index in [2.05, 4.69) is 0 Å². The fourth-order valence-electron chi connectivity index (χ4n) is 2.48. The fourth-order valence-corrected chi connectivity index (χ4v) is 4.06. The van der Waals surface area contributed by atoms with E-state index in [0.717, 1.165) is 11.1 Å². The molecule has 1 heterocycles. The summed E-state index contributed by atoms with van der Waals surface area (Å²) in [5.74, 6) is 0. The summed E-state index contributed by atoms with van der Waals surface area (Å²) in [5.41, 5.74) is 2.13. The Balaban J connectivity index is 2.17. The highest BCUT2D eigenvalue weighted by atomic mass is 32.2. The lowest BCUT2D eigenvalue weighted by molar-refractivity contribution is -0.0188. The van der Waals surface area contributed by atoms with Crippen LogP contribution in [0.1, 0.15) is 25.0 Å². The summed E-state index contributed by atoms with van der Waals surface area (Å²) in [5, 5.41) is 0. The molecule has 1 aromatic carbocycles. The Labute approximate surface area is 127 Å². The van der Waals surface area contributed by atoms with Gasteiger partial charge in [-0.15, -0.1) is 0 Å². The maximum Gasteiger partial charge on any atom is 0.282 e. The van der Waals surface area contributed by atoms with E-state index in [9.17, 15) is 8.42 Å². The van der Waals surface area contributed by atoms with Crippen LogP contribution in [-0.2, 0) is 21.5 Å². The molecule has 0 radical (unpaired) electrons. The van der Waals surface area contributed by atoms with Crippen LogP contribution >= 0.6 is 0 Å². The van der Waals surface area contributed by atoms with Gasteiger partial charge < -0.3 is 4.74 Å². The van der Waals surface area contributed by atoms with Crippen molar-refractivity contribution in [3.05, 3.63) is 35.4 Å². The van der Waals surface area contributed by atoms with E-state index in [-0.39, 0.29) is 12.1 Å². The number of aryl methyl sites for hydroxylation is 1. The Bertz CT molecular complexity index is 588. The molecule has 1 aliphatic rings. The average Bonchev–Trinajstić information content (AvgIpc) is 2.43. The van der Waals surface area contributed by atoms with Gasteiger partial charge in [0, 0.05) is 26.2 Å². The molecule has 118 valence electrons. The molecule has 5 nitrogen and oxygen atoms in total. The van der Waals surface area contributed by atoms with Crippen molar-refractivity contribution in [2.45, 2.75) is 39.5 Å². The smallest absolute Gasteiger partial charge is 0.282 e. The van der Waals surface area contributed by atoms with Crippen LogP contribution in [0.5, 0.6) is 0 Å². The van der Waals surface area contributed by atoms with Crippen molar-refractivity contribution in [1.82, 2.24) is 8.61 Å². The van der Waals surface area contributed by atoms with Gasteiger partial charge in [-0.25, -0.2) is 0 Å². The molecule has 1 aliphatic heterocycles. The minimum Gasteiger partial charge on any atom is -0.375 e. The van der Waals surface area contributed by atoms with Gasteiger partial charge in [-0.05, 0) is 31.9 Å². The standard InChI is InChI=1S/C15H24N2O3S/c1-12-7-5-6-8-15(12)10-16(4)21(18,19)17-9-14(3)20-11-13(17)2/h5-8,13-14H,9-11H2,1-4H3/t13-,14-/m1/s1. The lowest BCUT2D eigenvalue weighted by atomic mass is 10.1. The largest absolute Gasteiger partial charge is 0.375 e. The summed E-state index contributed by atoms with van der Waals surface area (Å²) in [6, 6.07) is 7.72. The second kappa shape index (κ2) is 6.44. The number of nitrogens with zero attached hydrogens (tertiary/aromatic N) is 2. The van der Waals surface area contributed by atoms with Crippen molar-refractivity contribution in [2.24, 2.45) is 0 Å². The minimum atomic E-state index is -3.47.